The van der Waals surface area contributed by atoms with Crippen LogP contribution in [0.5, 0.6) is 0 Å². The van der Waals surface area contributed by atoms with Gasteiger partial charge in [0, 0.05) is 12.2 Å². The molecule has 0 amide bonds. The lowest BCUT2D eigenvalue weighted by Gasteiger charge is -2.56. The Labute approximate surface area is 148 Å². The Kier molecular flexibility index (Phi) is 4.49. The van der Waals surface area contributed by atoms with E-state index < -0.39 is 11.7 Å². The first kappa shape index (κ1) is 17.2. The van der Waals surface area contributed by atoms with Gasteiger partial charge in [0.1, 0.15) is 0 Å². The summed E-state index contributed by atoms with van der Waals surface area (Å²) in [6, 6.07) is 5.47. The highest BCUT2D eigenvalue weighted by Gasteiger charge is 2.49. The third kappa shape index (κ3) is 3.41. The zero-order chi connectivity index (χ0) is 17.6. The summed E-state index contributed by atoms with van der Waals surface area (Å²) in [5.41, 5.74) is 0.224. The second kappa shape index (κ2) is 6.51. The van der Waals surface area contributed by atoms with Crippen molar-refractivity contribution in [1.29, 1.82) is 0 Å². The molecule has 0 saturated heterocycles. The number of rotatable bonds is 5. The lowest BCUT2D eigenvalue weighted by atomic mass is 9.49. The van der Waals surface area contributed by atoms with E-state index in [9.17, 15) is 13.2 Å². The van der Waals surface area contributed by atoms with Gasteiger partial charge in [-0.25, -0.2) is 0 Å². The van der Waals surface area contributed by atoms with Crippen LogP contribution >= 0.6 is 0 Å². The second-order valence-corrected chi connectivity index (χ2v) is 8.63. The van der Waals surface area contributed by atoms with Gasteiger partial charge in [-0.15, -0.1) is 0 Å². The normalized spacial score (nSPS) is 35.0. The van der Waals surface area contributed by atoms with Crippen LogP contribution in [0, 0.1) is 35.5 Å². The van der Waals surface area contributed by atoms with E-state index in [1.54, 1.807) is 12.1 Å². The predicted molar refractivity (Wildman–Crippen MR) is 94.2 cm³/mol. The van der Waals surface area contributed by atoms with E-state index in [1.165, 1.54) is 44.2 Å². The number of hydrogen-bond acceptors (Lipinski definition) is 1. The van der Waals surface area contributed by atoms with Crippen molar-refractivity contribution in [2.45, 2.75) is 51.6 Å². The van der Waals surface area contributed by atoms with Crippen LogP contribution in [0.3, 0.4) is 0 Å². The number of benzene rings is 1. The third-order valence-electron chi connectivity index (χ3n) is 7.15. The molecule has 25 heavy (non-hydrogen) atoms. The molecule has 1 atom stereocenters. The van der Waals surface area contributed by atoms with Gasteiger partial charge in [0.15, 0.2) is 0 Å². The molecule has 4 fully saturated rings. The highest BCUT2D eigenvalue weighted by Crippen LogP contribution is 2.58. The van der Waals surface area contributed by atoms with Gasteiger partial charge in [-0.2, -0.15) is 13.2 Å². The van der Waals surface area contributed by atoms with Gasteiger partial charge in [0.25, 0.3) is 0 Å². The molecule has 4 heteroatoms. The Balaban J connectivity index is 1.39. The maximum absolute atomic E-state index is 12.7. The van der Waals surface area contributed by atoms with Crippen LogP contribution in [-0.2, 0) is 6.18 Å². The van der Waals surface area contributed by atoms with Crippen molar-refractivity contribution in [2.75, 3.05) is 11.9 Å². The van der Waals surface area contributed by atoms with Gasteiger partial charge in [0.2, 0.25) is 0 Å². The van der Waals surface area contributed by atoms with E-state index in [-0.39, 0.29) is 0 Å². The lowest BCUT2D eigenvalue weighted by molar-refractivity contribution is -0.137. The summed E-state index contributed by atoms with van der Waals surface area (Å²) < 4.78 is 38.0. The summed E-state index contributed by atoms with van der Waals surface area (Å²) in [6.07, 6.45) is 4.07. The van der Waals surface area contributed by atoms with Gasteiger partial charge in [-0.1, -0.05) is 13.3 Å². The number of halogens is 3. The standard InChI is InChI=1S/C21H28F3N/c1-2-15(12-25-19-5-3-18(4-6-19)21(22,23)24)20-16-8-13-7-14(10-16)11-17(20)9-13/h3-6,13-17,20,25H,2,7-12H2,1H3. The highest BCUT2D eigenvalue weighted by atomic mass is 19.4. The summed E-state index contributed by atoms with van der Waals surface area (Å²) in [5.74, 6) is 5.22. The number of nitrogens with one attached hydrogen (secondary N) is 1. The van der Waals surface area contributed by atoms with E-state index in [4.69, 9.17) is 0 Å². The first-order valence-electron chi connectivity index (χ1n) is 9.85. The number of hydrogen-bond donors (Lipinski definition) is 1. The predicted octanol–water partition coefficient (Wildman–Crippen LogP) is 6.22. The molecular weight excluding hydrogens is 323 g/mol. The largest absolute Gasteiger partial charge is 0.416 e. The van der Waals surface area contributed by atoms with Crippen LogP contribution in [-0.4, -0.2) is 6.54 Å². The van der Waals surface area contributed by atoms with Gasteiger partial charge in [-0.3, -0.25) is 0 Å². The molecule has 0 spiro atoms. The van der Waals surface area contributed by atoms with Gasteiger partial charge in [-0.05, 0) is 91.9 Å². The highest BCUT2D eigenvalue weighted by molar-refractivity contribution is 5.45. The molecule has 0 aliphatic heterocycles. The van der Waals surface area contributed by atoms with E-state index in [1.807, 2.05) is 0 Å². The molecule has 5 rings (SSSR count). The molecule has 1 N–H and O–H groups in total. The number of alkyl halides is 3. The summed E-state index contributed by atoms with van der Waals surface area (Å²) in [7, 11) is 0. The lowest BCUT2D eigenvalue weighted by Crippen LogP contribution is -2.48. The van der Waals surface area contributed by atoms with Crippen molar-refractivity contribution in [2.24, 2.45) is 35.5 Å². The molecule has 4 aliphatic rings. The molecule has 1 nitrogen and oxygen atoms in total. The average Bonchev–Trinajstić information content (AvgIpc) is 2.56. The Bertz CT molecular complexity index is 564. The van der Waals surface area contributed by atoms with E-state index >= 15 is 0 Å². The Morgan fingerprint density at radius 2 is 1.52 bits per heavy atom. The molecule has 4 aliphatic carbocycles. The van der Waals surface area contributed by atoms with Gasteiger partial charge >= 0.3 is 6.18 Å². The molecule has 0 heterocycles. The summed E-state index contributed by atoms with van der Waals surface area (Å²) in [5, 5.41) is 3.42. The fourth-order valence-electron chi connectivity index (χ4n) is 6.32. The van der Waals surface area contributed by atoms with Crippen LogP contribution in [0.2, 0.25) is 0 Å². The molecular formula is C21H28F3N. The summed E-state index contributed by atoms with van der Waals surface area (Å²) in [4.78, 5) is 0. The quantitative estimate of drug-likeness (QED) is 0.664. The molecule has 4 saturated carbocycles. The monoisotopic (exact) mass is 351 g/mol. The second-order valence-electron chi connectivity index (χ2n) is 8.63. The minimum atomic E-state index is -4.26. The fourth-order valence-corrected chi connectivity index (χ4v) is 6.32. The minimum Gasteiger partial charge on any atom is -0.385 e. The fraction of sp³-hybridized carbons (Fsp3) is 0.714. The number of anilines is 1. The topological polar surface area (TPSA) is 12.0 Å². The molecule has 0 radical (unpaired) electrons. The van der Waals surface area contributed by atoms with Crippen molar-refractivity contribution in [3.8, 4) is 0 Å². The zero-order valence-corrected chi connectivity index (χ0v) is 14.9. The van der Waals surface area contributed by atoms with E-state index in [2.05, 4.69) is 12.2 Å². The van der Waals surface area contributed by atoms with Crippen LogP contribution < -0.4 is 5.32 Å². The smallest absolute Gasteiger partial charge is 0.385 e. The maximum atomic E-state index is 12.7. The van der Waals surface area contributed by atoms with Crippen LogP contribution in [0.4, 0.5) is 18.9 Å². The van der Waals surface area contributed by atoms with Gasteiger partial charge < -0.3 is 5.32 Å². The SMILES string of the molecule is CCC(CNc1ccc(C(F)(F)F)cc1)C1C2CC3CC(C2)CC1C3. The Hall–Kier alpha value is -1.19. The Morgan fingerprint density at radius 3 is 2.00 bits per heavy atom. The van der Waals surface area contributed by atoms with Crippen molar-refractivity contribution in [3.05, 3.63) is 29.8 Å². The molecule has 1 aromatic carbocycles. The first-order valence-corrected chi connectivity index (χ1v) is 9.85. The first-order chi connectivity index (χ1) is 11.9. The summed E-state index contributed by atoms with van der Waals surface area (Å²) >= 11 is 0. The average molecular weight is 351 g/mol. The van der Waals surface area contributed by atoms with Crippen molar-refractivity contribution >= 4 is 5.69 Å². The van der Waals surface area contributed by atoms with Crippen molar-refractivity contribution in [1.82, 2.24) is 0 Å². The van der Waals surface area contributed by atoms with E-state index in [0.29, 0.717) is 5.92 Å². The summed E-state index contributed by atoms with van der Waals surface area (Å²) in [6.45, 7) is 3.15. The molecule has 4 bridgehead atoms. The molecule has 0 aromatic heterocycles. The molecule has 138 valence electrons. The Morgan fingerprint density at radius 1 is 0.960 bits per heavy atom. The van der Waals surface area contributed by atoms with Crippen LogP contribution in [0.15, 0.2) is 24.3 Å². The van der Waals surface area contributed by atoms with Crippen LogP contribution in [0.25, 0.3) is 0 Å². The third-order valence-corrected chi connectivity index (χ3v) is 7.15. The minimum absolute atomic E-state index is 0.578. The van der Waals surface area contributed by atoms with Crippen molar-refractivity contribution in [3.63, 3.8) is 0 Å². The van der Waals surface area contributed by atoms with Crippen LogP contribution in [0.1, 0.15) is 51.0 Å². The zero-order valence-electron chi connectivity index (χ0n) is 14.9. The van der Waals surface area contributed by atoms with E-state index in [0.717, 1.165) is 48.2 Å². The van der Waals surface area contributed by atoms with Gasteiger partial charge in [0.05, 0.1) is 5.56 Å². The molecule has 1 unspecified atom stereocenters. The maximum Gasteiger partial charge on any atom is 0.416 e. The van der Waals surface area contributed by atoms with Crippen molar-refractivity contribution < 1.29 is 13.2 Å². The molecule has 1 aromatic rings.